The van der Waals surface area contributed by atoms with Gasteiger partial charge in [-0.1, -0.05) is 41.5 Å². The van der Waals surface area contributed by atoms with Crippen molar-refractivity contribution >= 4 is 29.7 Å². The molecule has 0 fully saturated rings. The zero-order valence-corrected chi connectivity index (χ0v) is 20.7. The van der Waals surface area contributed by atoms with E-state index in [9.17, 15) is 29.1 Å². The molecule has 196 valence electrons. The van der Waals surface area contributed by atoms with Gasteiger partial charge in [-0.3, -0.25) is 19.2 Å². The highest BCUT2D eigenvalue weighted by atomic mass is 16.4. The Bertz CT molecular complexity index is 726. The maximum absolute atomic E-state index is 13.0. The lowest BCUT2D eigenvalue weighted by molar-refractivity contribution is -0.147. The van der Waals surface area contributed by atoms with Gasteiger partial charge >= 0.3 is 11.9 Å². The van der Waals surface area contributed by atoms with Crippen molar-refractivity contribution < 1.29 is 39.3 Å². The monoisotopic (exact) mass is 488 g/mol. The van der Waals surface area contributed by atoms with Gasteiger partial charge in [0, 0.05) is 6.04 Å². The Kier molecular flexibility index (Phi) is 13.3. The molecule has 0 saturated heterocycles. The average molecular weight is 489 g/mol. The minimum Gasteiger partial charge on any atom is -0.481 e. The van der Waals surface area contributed by atoms with Crippen molar-refractivity contribution in [1.29, 1.82) is 0 Å². The molecule has 0 heterocycles. The maximum atomic E-state index is 13.0. The van der Waals surface area contributed by atoms with E-state index in [4.69, 9.17) is 15.9 Å². The van der Waals surface area contributed by atoms with Gasteiger partial charge in [0.25, 0.3) is 5.91 Å². The first-order valence-electron chi connectivity index (χ1n) is 11.4. The quantitative estimate of drug-likeness (QED) is 0.157. The van der Waals surface area contributed by atoms with Gasteiger partial charge < -0.3 is 37.0 Å². The van der Waals surface area contributed by atoms with Crippen molar-refractivity contribution in [2.24, 2.45) is 23.5 Å². The summed E-state index contributed by atoms with van der Waals surface area (Å²) in [6.07, 6.45) is -1.76. The predicted octanol–water partition coefficient (Wildman–Crippen LogP) is -0.563. The molecular formula is C22H40N4O8. The van der Waals surface area contributed by atoms with Crippen LogP contribution in [-0.2, 0) is 24.0 Å². The summed E-state index contributed by atoms with van der Waals surface area (Å²) in [5.74, 6) is -5.69. The van der Waals surface area contributed by atoms with E-state index in [0.717, 1.165) is 0 Å². The smallest absolute Gasteiger partial charge is 0.326 e. The first-order valence-corrected chi connectivity index (χ1v) is 11.4. The third-order valence-corrected chi connectivity index (χ3v) is 5.00. The molecule has 0 rings (SSSR count). The fraction of sp³-hybridized carbons (Fsp3) is 0.773. The molecule has 0 aliphatic heterocycles. The number of nitrogens with one attached hydrogen (secondary N) is 3. The summed E-state index contributed by atoms with van der Waals surface area (Å²) in [4.78, 5) is 60.3. The highest BCUT2D eigenvalue weighted by Crippen LogP contribution is 2.11. The maximum Gasteiger partial charge on any atom is 0.326 e. The third kappa shape index (κ3) is 11.4. The number of carbonyl (C=O) groups excluding carboxylic acids is 3. The molecule has 5 unspecified atom stereocenters. The van der Waals surface area contributed by atoms with Crippen LogP contribution in [0.3, 0.4) is 0 Å². The van der Waals surface area contributed by atoms with Gasteiger partial charge in [-0.2, -0.15) is 0 Å². The van der Waals surface area contributed by atoms with Crippen LogP contribution >= 0.6 is 0 Å². The summed E-state index contributed by atoms with van der Waals surface area (Å²) in [7, 11) is 0. The highest BCUT2D eigenvalue weighted by molar-refractivity contribution is 5.94. The van der Waals surface area contributed by atoms with E-state index in [1.165, 1.54) is 0 Å². The summed E-state index contributed by atoms with van der Waals surface area (Å²) >= 11 is 0. The number of hydrogen-bond acceptors (Lipinski definition) is 7. The lowest BCUT2D eigenvalue weighted by atomic mass is 9.97. The van der Waals surface area contributed by atoms with E-state index in [1.807, 2.05) is 27.7 Å². The number of carboxylic acids is 2. The number of rotatable bonds is 15. The molecule has 12 nitrogen and oxygen atoms in total. The van der Waals surface area contributed by atoms with Crippen LogP contribution in [0.4, 0.5) is 0 Å². The number of aliphatic hydroxyl groups excluding tert-OH is 1. The van der Waals surface area contributed by atoms with Crippen molar-refractivity contribution in [3.8, 4) is 0 Å². The molecule has 34 heavy (non-hydrogen) atoms. The van der Waals surface area contributed by atoms with E-state index in [0.29, 0.717) is 6.42 Å². The van der Waals surface area contributed by atoms with Gasteiger partial charge in [-0.05, 0) is 30.6 Å². The van der Waals surface area contributed by atoms with E-state index in [2.05, 4.69) is 16.0 Å². The summed E-state index contributed by atoms with van der Waals surface area (Å²) in [5.41, 5.74) is 5.88. The standard InChI is InChI=1S/C22H40N4O8/c1-10(2)7-13(23)18(29)21(32)24-14(8-11(3)4)19(30)26-17(12(5)6)20(31)25-15(22(33)34)9-16(27)28/h10-15,17-18,29H,7-9,23H2,1-6H3,(H,24,32)(H,25,31)(H,26,30)(H,27,28)(H,33,34). The normalized spacial score (nSPS) is 15.9. The Labute approximate surface area is 200 Å². The van der Waals surface area contributed by atoms with Crippen LogP contribution in [0.1, 0.15) is 60.8 Å². The average Bonchev–Trinajstić information content (AvgIpc) is 2.68. The second-order valence-electron chi connectivity index (χ2n) is 9.66. The van der Waals surface area contributed by atoms with Crippen LogP contribution < -0.4 is 21.7 Å². The highest BCUT2D eigenvalue weighted by Gasteiger charge is 2.33. The van der Waals surface area contributed by atoms with E-state index >= 15 is 0 Å². The number of aliphatic hydroxyl groups is 1. The molecule has 0 aromatic heterocycles. The molecule has 0 saturated carbocycles. The summed E-state index contributed by atoms with van der Waals surface area (Å²) in [6, 6.07) is -4.77. The second-order valence-corrected chi connectivity index (χ2v) is 9.66. The van der Waals surface area contributed by atoms with Crippen molar-refractivity contribution in [2.45, 2.75) is 91.1 Å². The van der Waals surface area contributed by atoms with E-state index in [1.54, 1.807) is 13.8 Å². The molecule has 12 heteroatoms. The summed E-state index contributed by atoms with van der Waals surface area (Å²) < 4.78 is 0. The minimum atomic E-state index is -1.67. The molecule has 0 bridgehead atoms. The number of carbonyl (C=O) groups is 5. The van der Waals surface area contributed by atoms with Crippen LogP contribution in [0.15, 0.2) is 0 Å². The van der Waals surface area contributed by atoms with Gasteiger partial charge in [0.15, 0.2) is 0 Å². The van der Waals surface area contributed by atoms with Gasteiger partial charge in [0.05, 0.1) is 6.42 Å². The molecule has 0 aliphatic rings. The summed E-state index contributed by atoms with van der Waals surface area (Å²) in [6.45, 7) is 10.7. The first kappa shape index (κ1) is 31.3. The van der Waals surface area contributed by atoms with Crippen LogP contribution in [0.25, 0.3) is 0 Å². The van der Waals surface area contributed by atoms with Gasteiger partial charge in [0.2, 0.25) is 11.8 Å². The Morgan fingerprint density at radius 3 is 1.65 bits per heavy atom. The number of hydrogen-bond donors (Lipinski definition) is 7. The summed E-state index contributed by atoms with van der Waals surface area (Å²) in [5, 5.41) is 35.4. The largest absolute Gasteiger partial charge is 0.481 e. The molecule has 8 N–H and O–H groups in total. The molecule has 0 aliphatic carbocycles. The molecule has 0 aromatic rings. The van der Waals surface area contributed by atoms with Crippen LogP contribution in [0.2, 0.25) is 0 Å². The fourth-order valence-corrected chi connectivity index (χ4v) is 3.25. The fourth-order valence-electron chi connectivity index (χ4n) is 3.25. The Balaban J connectivity index is 5.50. The van der Waals surface area contributed by atoms with Gasteiger partial charge in [-0.15, -0.1) is 0 Å². The van der Waals surface area contributed by atoms with Crippen molar-refractivity contribution in [3.05, 3.63) is 0 Å². The van der Waals surface area contributed by atoms with Crippen molar-refractivity contribution in [2.75, 3.05) is 0 Å². The zero-order chi connectivity index (χ0) is 26.7. The Morgan fingerprint density at radius 2 is 1.24 bits per heavy atom. The van der Waals surface area contributed by atoms with Gasteiger partial charge in [0.1, 0.15) is 24.2 Å². The SMILES string of the molecule is CC(C)CC(NC(=O)C(O)C(N)CC(C)C)C(=O)NC(C(=O)NC(CC(=O)O)C(=O)O)C(C)C. The van der Waals surface area contributed by atoms with Gasteiger partial charge in [-0.25, -0.2) is 4.79 Å². The van der Waals surface area contributed by atoms with Crippen LogP contribution in [0, 0.1) is 17.8 Å². The van der Waals surface area contributed by atoms with Crippen LogP contribution in [0.5, 0.6) is 0 Å². The molecule has 0 radical (unpaired) electrons. The van der Waals surface area contributed by atoms with E-state index < -0.39 is 72.3 Å². The Morgan fingerprint density at radius 1 is 0.735 bits per heavy atom. The topological polar surface area (TPSA) is 208 Å². The number of nitrogens with two attached hydrogens (primary N) is 1. The zero-order valence-electron chi connectivity index (χ0n) is 20.7. The number of carboxylic acid groups (broad SMARTS) is 2. The minimum absolute atomic E-state index is 0.0317. The number of amides is 3. The van der Waals surface area contributed by atoms with Crippen molar-refractivity contribution in [3.63, 3.8) is 0 Å². The molecular weight excluding hydrogens is 448 g/mol. The third-order valence-electron chi connectivity index (χ3n) is 5.00. The second kappa shape index (κ2) is 14.5. The predicted molar refractivity (Wildman–Crippen MR) is 123 cm³/mol. The first-order chi connectivity index (χ1) is 15.6. The molecule has 3 amide bonds. The molecule has 0 aromatic carbocycles. The molecule has 0 spiro atoms. The van der Waals surface area contributed by atoms with Crippen molar-refractivity contribution in [1.82, 2.24) is 16.0 Å². The van der Waals surface area contributed by atoms with Crippen LogP contribution in [-0.4, -0.2) is 75.3 Å². The number of aliphatic carboxylic acids is 2. The lowest BCUT2D eigenvalue weighted by Crippen LogP contribution is -2.59. The Hall–Kier alpha value is -2.73. The lowest BCUT2D eigenvalue weighted by Gasteiger charge is -2.28. The molecule has 5 atom stereocenters. The van der Waals surface area contributed by atoms with E-state index in [-0.39, 0.29) is 18.3 Å².